The van der Waals surface area contributed by atoms with Gasteiger partial charge in [0.05, 0.1) is 12.2 Å². The van der Waals surface area contributed by atoms with Crippen LogP contribution in [0.5, 0.6) is 0 Å². The van der Waals surface area contributed by atoms with Crippen LogP contribution in [0.25, 0.3) is 0 Å². The molecule has 19 heavy (non-hydrogen) atoms. The van der Waals surface area contributed by atoms with E-state index in [0.29, 0.717) is 5.57 Å². The molecule has 0 saturated carbocycles. The van der Waals surface area contributed by atoms with Crippen molar-refractivity contribution in [3.8, 4) is 0 Å². The number of benzene rings is 2. The lowest BCUT2D eigenvalue weighted by molar-refractivity contribution is -0.117. The summed E-state index contributed by atoms with van der Waals surface area (Å²) in [6.07, 6.45) is 0.992. The lowest BCUT2D eigenvalue weighted by Gasteiger charge is -2.40. The van der Waals surface area contributed by atoms with Crippen LogP contribution in [0.15, 0.2) is 60.4 Å². The van der Waals surface area contributed by atoms with Crippen LogP contribution in [0.4, 0.5) is 0 Å². The minimum Gasteiger partial charge on any atom is -0.515 e. The van der Waals surface area contributed by atoms with E-state index in [9.17, 15) is 9.90 Å². The van der Waals surface area contributed by atoms with Crippen molar-refractivity contribution in [2.45, 2.75) is 11.8 Å². The molecule has 0 fully saturated rings. The van der Waals surface area contributed by atoms with Gasteiger partial charge < -0.3 is 5.11 Å². The minimum absolute atomic E-state index is 0.0323. The summed E-state index contributed by atoms with van der Waals surface area (Å²) in [5, 5.41) is 9.45. The van der Waals surface area contributed by atoms with Gasteiger partial charge >= 0.3 is 0 Å². The zero-order valence-corrected chi connectivity index (χ0v) is 10.2. The van der Waals surface area contributed by atoms with Crippen LogP contribution in [0.1, 0.15) is 34.1 Å². The molecule has 2 aromatic rings. The molecule has 1 N–H and O–H groups in total. The van der Waals surface area contributed by atoms with E-state index in [1.165, 1.54) is 0 Å². The molecule has 0 unspecified atom stereocenters. The van der Waals surface area contributed by atoms with Crippen molar-refractivity contribution in [2.24, 2.45) is 0 Å². The smallest absolute Gasteiger partial charge is 0.174 e. The molecule has 92 valence electrons. The third-order valence-corrected chi connectivity index (χ3v) is 4.23. The number of carbonyl (C=O) groups excluding carboxylic acids is 1. The topological polar surface area (TPSA) is 37.3 Å². The first-order chi connectivity index (χ1) is 9.33. The number of fused-ring (bicyclic) bond motifs is 1. The molecule has 5 rings (SSSR count). The lowest BCUT2D eigenvalue weighted by atomic mass is 9.61. The van der Waals surface area contributed by atoms with Crippen LogP contribution < -0.4 is 0 Å². The van der Waals surface area contributed by atoms with Gasteiger partial charge in [-0.1, -0.05) is 48.5 Å². The van der Waals surface area contributed by atoms with E-state index < -0.39 is 0 Å². The predicted octanol–water partition coefficient (Wildman–Crippen LogP) is 3.29. The van der Waals surface area contributed by atoms with Crippen LogP contribution in [0.3, 0.4) is 0 Å². The van der Waals surface area contributed by atoms with Crippen molar-refractivity contribution >= 4 is 5.78 Å². The molecule has 3 aliphatic carbocycles. The van der Waals surface area contributed by atoms with Crippen molar-refractivity contribution in [1.82, 2.24) is 0 Å². The van der Waals surface area contributed by atoms with E-state index in [4.69, 9.17) is 0 Å². The summed E-state index contributed by atoms with van der Waals surface area (Å²) in [4.78, 5) is 12.5. The molecular formula is C17H12O2. The standard InChI is InChI=1S/C17H12O2/c18-9-14-15-10-5-1-3-7-12(10)16(17(14)19)13-8-4-2-6-11(13)15/h1-9,15-16,18H/b14-9+. The van der Waals surface area contributed by atoms with Crippen molar-refractivity contribution in [3.05, 3.63) is 82.6 Å². The summed E-state index contributed by atoms with van der Waals surface area (Å²) in [6, 6.07) is 16.1. The van der Waals surface area contributed by atoms with Gasteiger partial charge in [0.15, 0.2) is 5.78 Å². The zero-order valence-electron chi connectivity index (χ0n) is 10.2. The SMILES string of the molecule is O=C1/C(=C/O)C2c3ccccc3C1c1ccccc12. The summed E-state index contributed by atoms with van der Waals surface area (Å²) in [5.74, 6) is -0.337. The molecule has 3 aliphatic rings. The van der Waals surface area contributed by atoms with Gasteiger partial charge in [-0.2, -0.15) is 0 Å². The van der Waals surface area contributed by atoms with Gasteiger partial charge in [-0.3, -0.25) is 4.79 Å². The maximum absolute atomic E-state index is 12.5. The fraction of sp³-hybridized carbons (Fsp3) is 0.118. The number of allylic oxidation sites excluding steroid dienone is 1. The van der Waals surface area contributed by atoms with Gasteiger partial charge in [-0.15, -0.1) is 0 Å². The lowest BCUT2D eigenvalue weighted by Crippen LogP contribution is -2.34. The Morgan fingerprint density at radius 3 is 1.63 bits per heavy atom. The Morgan fingerprint density at radius 2 is 1.21 bits per heavy atom. The van der Waals surface area contributed by atoms with Crippen LogP contribution in [-0.4, -0.2) is 10.9 Å². The van der Waals surface area contributed by atoms with Crippen molar-refractivity contribution in [3.63, 3.8) is 0 Å². The molecule has 2 aromatic carbocycles. The van der Waals surface area contributed by atoms with Gasteiger partial charge in [0.1, 0.15) is 0 Å². The molecule has 0 aliphatic heterocycles. The molecule has 0 saturated heterocycles. The maximum Gasteiger partial charge on any atom is 0.174 e. The number of aliphatic hydroxyl groups is 1. The van der Waals surface area contributed by atoms with Crippen molar-refractivity contribution < 1.29 is 9.90 Å². The van der Waals surface area contributed by atoms with Gasteiger partial charge in [-0.25, -0.2) is 0 Å². The quantitative estimate of drug-likeness (QED) is 0.573. The fourth-order valence-electron chi connectivity index (χ4n) is 3.47. The van der Waals surface area contributed by atoms with Gasteiger partial charge in [0.25, 0.3) is 0 Å². The molecule has 2 nitrogen and oxygen atoms in total. The average molecular weight is 248 g/mol. The second-order valence-corrected chi connectivity index (χ2v) is 5.07. The number of aliphatic hydroxyl groups excluding tert-OH is 1. The molecule has 0 radical (unpaired) electrons. The monoisotopic (exact) mass is 248 g/mol. The van der Waals surface area contributed by atoms with E-state index in [-0.39, 0.29) is 17.6 Å². The Morgan fingerprint density at radius 1 is 0.789 bits per heavy atom. The molecule has 0 atom stereocenters. The summed E-state index contributed by atoms with van der Waals surface area (Å²) in [5.41, 5.74) is 4.98. The Hall–Kier alpha value is -2.35. The highest BCUT2D eigenvalue weighted by Crippen LogP contribution is 2.52. The summed E-state index contributed by atoms with van der Waals surface area (Å²) in [6.45, 7) is 0. The second-order valence-electron chi connectivity index (χ2n) is 5.07. The Balaban J connectivity index is 2.12. The minimum atomic E-state index is -0.254. The van der Waals surface area contributed by atoms with Gasteiger partial charge in [0.2, 0.25) is 0 Å². The highest BCUT2D eigenvalue weighted by atomic mass is 16.2. The second kappa shape index (κ2) is 3.58. The molecule has 0 aromatic heterocycles. The number of Topliss-reactive ketones (excluding diaryl/α,β-unsaturated/α-hetero) is 1. The van der Waals surface area contributed by atoms with E-state index in [1.54, 1.807) is 0 Å². The van der Waals surface area contributed by atoms with Gasteiger partial charge in [0, 0.05) is 11.5 Å². The number of hydrogen-bond donors (Lipinski definition) is 1. The predicted molar refractivity (Wildman–Crippen MR) is 72.3 cm³/mol. The molecule has 2 bridgehead atoms. The first-order valence-electron chi connectivity index (χ1n) is 6.39. The third-order valence-electron chi connectivity index (χ3n) is 4.23. The van der Waals surface area contributed by atoms with E-state index in [1.807, 2.05) is 36.4 Å². The first-order valence-corrected chi connectivity index (χ1v) is 6.39. The first kappa shape index (κ1) is 10.6. The van der Waals surface area contributed by atoms with Crippen LogP contribution in [-0.2, 0) is 4.79 Å². The number of hydrogen-bond acceptors (Lipinski definition) is 2. The zero-order chi connectivity index (χ0) is 13.0. The Bertz CT molecular complexity index is 680. The maximum atomic E-state index is 12.5. The number of carbonyl (C=O) groups is 1. The van der Waals surface area contributed by atoms with Crippen LogP contribution >= 0.6 is 0 Å². The van der Waals surface area contributed by atoms with Gasteiger partial charge in [-0.05, 0) is 22.3 Å². The highest BCUT2D eigenvalue weighted by molar-refractivity contribution is 6.08. The van der Waals surface area contributed by atoms with E-state index in [0.717, 1.165) is 28.5 Å². The van der Waals surface area contributed by atoms with E-state index >= 15 is 0 Å². The molecule has 0 amide bonds. The van der Waals surface area contributed by atoms with Crippen molar-refractivity contribution in [1.29, 1.82) is 0 Å². The summed E-state index contributed by atoms with van der Waals surface area (Å²) >= 11 is 0. The Labute approximate surface area is 111 Å². The number of rotatable bonds is 0. The molecular weight excluding hydrogens is 236 g/mol. The van der Waals surface area contributed by atoms with E-state index in [2.05, 4.69) is 12.1 Å². The Kier molecular flexibility index (Phi) is 1.99. The number of ketones is 1. The molecule has 2 heteroatoms. The summed E-state index contributed by atoms with van der Waals surface area (Å²) in [7, 11) is 0. The molecule has 0 spiro atoms. The van der Waals surface area contributed by atoms with Crippen LogP contribution in [0, 0.1) is 0 Å². The van der Waals surface area contributed by atoms with Crippen LogP contribution in [0.2, 0.25) is 0 Å². The average Bonchev–Trinajstić information content (AvgIpc) is 2.47. The third kappa shape index (κ3) is 1.18. The molecule has 0 heterocycles. The summed E-state index contributed by atoms with van der Waals surface area (Å²) < 4.78 is 0. The normalized spacial score (nSPS) is 25.3. The highest BCUT2D eigenvalue weighted by Gasteiger charge is 2.45. The van der Waals surface area contributed by atoms with Crippen molar-refractivity contribution in [2.75, 3.05) is 0 Å². The fourth-order valence-corrected chi connectivity index (χ4v) is 3.47. The largest absolute Gasteiger partial charge is 0.515 e.